The van der Waals surface area contributed by atoms with Crippen LogP contribution < -0.4 is 0 Å². The molecule has 0 aliphatic rings. The van der Waals surface area contributed by atoms with Crippen molar-refractivity contribution in [2.24, 2.45) is 0 Å². The standard InChI is InChI=1S/C8H10N2O2/c1-11-8(12-2)4-3-7(5-9)6-10/h3,8H,4H2,1-2H3. The van der Waals surface area contributed by atoms with Gasteiger partial charge in [-0.3, -0.25) is 0 Å². The lowest BCUT2D eigenvalue weighted by Gasteiger charge is -2.09. The molecule has 0 aliphatic carbocycles. The van der Waals surface area contributed by atoms with Crippen LogP contribution in [-0.4, -0.2) is 20.5 Å². The van der Waals surface area contributed by atoms with E-state index in [1.807, 2.05) is 0 Å². The Morgan fingerprint density at radius 3 is 2.17 bits per heavy atom. The van der Waals surface area contributed by atoms with Crippen LogP contribution in [-0.2, 0) is 9.47 Å². The molecule has 0 aliphatic heterocycles. The van der Waals surface area contributed by atoms with E-state index in [-0.39, 0.29) is 11.9 Å². The largest absolute Gasteiger partial charge is 0.356 e. The Morgan fingerprint density at radius 2 is 1.83 bits per heavy atom. The van der Waals surface area contributed by atoms with E-state index in [1.165, 1.54) is 20.3 Å². The molecular formula is C8H10N2O2. The van der Waals surface area contributed by atoms with Crippen LogP contribution in [0.15, 0.2) is 11.6 Å². The molecule has 0 amide bonds. The minimum atomic E-state index is -0.387. The van der Waals surface area contributed by atoms with Crippen LogP contribution in [0.1, 0.15) is 6.42 Å². The Hall–Kier alpha value is -1.36. The highest BCUT2D eigenvalue weighted by atomic mass is 16.7. The number of rotatable bonds is 4. The molecule has 0 aromatic rings. The molecule has 12 heavy (non-hydrogen) atoms. The second kappa shape index (κ2) is 6.36. The van der Waals surface area contributed by atoms with Crippen molar-refractivity contribution in [2.75, 3.05) is 14.2 Å². The highest BCUT2D eigenvalue weighted by Crippen LogP contribution is 2.01. The molecule has 0 radical (unpaired) electrons. The molecule has 0 fully saturated rings. The second-order valence-corrected chi connectivity index (χ2v) is 1.98. The summed E-state index contributed by atoms with van der Waals surface area (Å²) < 4.78 is 9.71. The third kappa shape index (κ3) is 3.72. The first kappa shape index (κ1) is 10.6. The Morgan fingerprint density at radius 1 is 1.33 bits per heavy atom. The van der Waals surface area contributed by atoms with E-state index in [2.05, 4.69) is 0 Å². The number of hydrogen-bond acceptors (Lipinski definition) is 4. The molecule has 0 saturated carbocycles. The van der Waals surface area contributed by atoms with E-state index in [9.17, 15) is 0 Å². The van der Waals surface area contributed by atoms with E-state index < -0.39 is 0 Å². The van der Waals surface area contributed by atoms with Gasteiger partial charge in [-0.15, -0.1) is 0 Å². The maximum absolute atomic E-state index is 8.36. The lowest BCUT2D eigenvalue weighted by molar-refractivity contribution is -0.0986. The zero-order chi connectivity index (χ0) is 9.40. The maximum atomic E-state index is 8.36. The molecular weight excluding hydrogens is 156 g/mol. The van der Waals surface area contributed by atoms with Crippen molar-refractivity contribution in [1.82, 2.24) is 0 Å². The van der Waals surface area contributed by atoms with E-state index >= 15 is 0 Å². The summed E-state index contributed by atoms with van der Waals surface area (Å²) in [6, 6.07) is 3.49. The molecule has 0 aromatic carbocycles. The van der Waals surface area contributed by atoms with Gasteiger partial charge < -0.3 is 9.47 Å². The number of hydrogen-bond donors (Lipinski definition) is 0. The topological polar surface area (TPSA) is 66.0 Å². The van der Waals surface area contributed by atoms with Crippen LogP contribution >= 0.6 is 0 Å². The van der Waals surface area contributed by atoms with Gasteiger partial charge in [0.15, 0.2) is 6.29 Å². The predicted molar refractivity (Wildman–Crippen MR) is 41.7 cm³/mol. The molecule has 4 heteroatoms. The molecule has 0 aromatic heterocycles. The molecule has 64 valence electrons. The summed E-state index contributed by atoms with van der Waals surface area (Å²) in [6.45, 7) is 0. The smallest absolute Gasteiger partial charge is 0.160 e. The van der Waals surface area contributed by atoms with E-state index in [1.54, 1.807) is 12.1 Å². The van der Waals surface area contributed by atoms with Crippen molar-refractivity contribution in [3.8, 4) is 12.1 Å². The quantitative estimate of drug-likeness (QED) is 0.461. The van der Waals surface area contributed by atoms with Crippen molar-refractivity contribution in [3.05, 3.63) is 11.6 Å². The highest BCUT2D eigenvalue weighted by molar-refractivity contribution is 5.34. The molecule has 0 N–H and O–H groups in total. The zero-order valence-corrected chi connectivity index (χ0v) is 7.07. The minimum absolute atomic E-state index is 0.0779. The Labute approximate surface area is 71.6 Å². The number of methoxy groups -OCH3 is 2. The molecule has 0 heterocycles. The number of ether oxygens (including phenoxy) is 2. The average molecular weight is 166 g/mol. The minimum Gasteiger partial charge on any atom is -0.356 e. The van der Waals surface area contributed by atoms with E-state index in [0.717, 1.165) is 0 Å². The van der Waals surface area contributed by atoms with Gasteiger partial charge >= 0.3 is 0 Å². The van der Waals surface area contributed by atoms with E-state index in [0.29, 0.717) is 6.42 Å². The monoisotopic (exact) mass is 166 g/mol. The van der Waals surface area contributed by atoms with Gasteiger partial charge in [-0.05, 0) is 0 Å². The summed E-state index contributed by atoms with van der Waals surface area (Å²) in [5, 5.41) is 16.7. The molecule has 0 bridgehead atoms. The van der Waals surface area contributed by atoms with Gasteiger partial charge in [-0.2, -0.15) is 10.5 Å². The van der Waals surface area contributed by atoms with E-state index in [4.69, 9.17) is 20.0 Å². The van der Waals surface area contributed by atoms with Crippen molar-refractivity contribution >= 4 is 0 Å². The van der Waals surface area contributed by atoms with Gasteiger partial charge in [0.1, 0.15) is 17.7 Å². The summed E-state index contributed by atoms with van der Waals surface area (Å²) in [5.74, 6) is 0. The third-order valence-electron chi connectivity index (χ3n) is 1.28. The van der Waals surface area contributed by atoms with Crippen LogP contribution in [0.3, 0.4) is 0 Å². The second-order valence-electron chi connectivity index (χ2n) is 1.98. The number of allylic oxidation sites excluding steroid dienone is 1. The normalized spacial score (nSPS) is 8.75. The Balaban J connectivity index is 4.03. The van der Waals surface area contributed by atoms with Crippen LogP contribution in [0.5, 0.6) is 0 Å². The number of nitriles is 2. The molecule has 0 rings (SSSR count). The number of nitrogens with zero attached hydrogens (tertiary/aromatic N) is 2. The first-order chi connectivity index (χ1) is 5.78. The van der Waals surface area contributed by atoms with Crippen LogP contribution in [0.2, 0.25) is 0 Å². The van der Waals surface area contributed by atoms with Crippen LogP contribution in [0.25, 0.3) is 0 Å². The van der Waals surface area contributed by atoms with Gasteiger partial charge in [-0.25, -0.2) is 0 Å². The van der Waals surface area contributed by atoms with Gasteiger partial charge in [0, 0.05) is 20.6 Å². The first-order valence-corrected chi connectivity index (χ1v) is 3.34. The zero-order valence-electron chi connectivity index (χ0n) is 7.07. The first-order valence-electron chi connectivity index (χ1n) is 3.34. The van der Waals surface area contributed by atoms with Crippen molar-refractivity contribution in [1.29, 1.82) is 10.5 Å². The van der Waals surface area contributed by atoms with Crippen molar-refractivity contribution in [3.63, 3.8) is 0 Å². The van der Waals surface area contributed by atoms with Crippen molar-refractivity contribution in [2.45, 2.75) is 12.7 Å². The van der Waals surface area contributed by atoms with Gasteiger partial charge in [0.25, 0.3) is 0 Å². The summed E-state index contributed by atoms with van der Waals surface area (Å²) in [4.78, 5) is 0. The fourth-order valence-corrected chi connectivity index (χ4v) is 0.619. The molecule has 0 atom stereocenters. The Bertz CT molecular complexity index is 214. The Kier molecular flexibility index (Phi) is 5.64. The third-order valence-corrected chi connectivity index (χ3v) is 1.28. The maximum Gasteiger partial charge on any atom is 0.160 e. The highest BCUT2D eigenvalue weighted by Gasteiger charge is 2.02. The summed E-state index contributed by atoms with van der Waals surface area (Å²) in [7, 11) is 3.00. The van der Waals surface area contributed by atoms with Gasteiger partial charge in [0.2, 0.25) is 0 Å². The summed E-state index contributed by atoms with van der Waals surface area (Å²) in [6.07, 6.45) is 1.50. The van der Waals surface area contributed by atoms with Crippen LogP contribution in [0.4, 0.5) is 0 Å². The molecule has 0 unspecified atom stereocenters. The summed E-state index contributed by atoms with van der Waals surface area (Å²) in [5.41, 5.74) is 0.0779. The lowest BCUT2D eigenvalue weighted by atomic mass is 10.2. The molecule has 0 spiro atoms. The fourth-order valence-electron chi connectivity index (χ4n) is 0.619. The van der Waals surface area contributed by atoms with Crippen molar-refractivity contribution < 1.29 is 9.47 Å². The SMILES string of the molecule is COC(CC=C(C#N)C#N)OC. The molecule has 0 saturated heterocycles. The van der Waals surface area contributed by atoms with Gasteiger partial charge in [-0.1, -0.05) is 6.08 Å². The van der Waals surface area contributed by atoms with Gasteiger partial charge in [0.05, 0.1) is 0 Å². The lowest BCUT2D eigenvalue weighted by Crippen LogP contribution is -2.11. The average Bonchev–Trinajstić information content (AvgIpc) is 2.13. The fraction of sp³-hybridized carbons (Fsp3) is 0.500. The molecule has 4 nitrogen and oxygen atoms in total. The van der Waals surface area contributed by atoms with Crippen LogP contribution in [0, 0.1) is 22.7 Å². The predicted octanol–water partition coefficient (Wildman–Crippen LogP) is 0.969. The summed E-state index contributed by atoms with van der Waals surface area (Å²) >= 11 is 0.